The molecule has 0 atom stereocenters. The molecule has 0 heterocycles. The van der Waals surface area contributed by atoms with Crippen molar-refractivity contribution in [2.75, 3.05) is 0 Å². The monoisotopic (exact) mass is 230 g/mol. The third kappa shape index (κ3) is 1.19. The van der Waals surface area contributed by atoms with Gasteiger partial charge in [0.05, 0.1) is 0 Å². The molecule has 18 heavy (non-hydrogen) atoms. The molecule has 1 nitrogen and oxygen atoms in total. The fourth-order valence-corrected chi connectivity index (χ4v) is 2.70. The SMILES string of the molecule is O=C1C=c2cc3ccccc3cc2=C2C=CC=C12. The summed E-state index contributed by atoms with van der Waals surface area (Å²) in [6.07, 6.45) is 7.60. The summed E-state index contributed by atoms with van der Waals surface area (Å²) in [7, 11) is 0. The van der Waals surface area contributed by atoms with Crippen LogP contribution in [0.1, 0.15) is 0 Å². The molecule has 0 N–H and O–H groups in total. The van der Waals surface area contributed by atoms with E-state index >= 15 is 0 Å². The van der Waals surface area contributed by atoms with Crippen LogP contribution < -0.4 is 10.4 Å². The first-order valence-electron chi connectivity index (χ1n) is 6.01. The maximum atomic E-state index is 12.0. The van der Waals surface area contributed by atoms with Gasteiger partial charge in [-0.05, 0) is 45.0 Å². The molecule has 0 saturated heterocycles. The highest BCUT2D eigenvalue weighted by atomic mass is 16.1. The van der Waals surface area contributed by atoms with Crippen LogP contribution in [0.25, 0.3) is 22.4 Å². The Hall–Kier alpha value is -2.41. The fraction of sp³-hybridized carbons (Fsp3) is 0. The Morgan fingerprint density at radius 3 is 2.56 bits per heavy atom. The number of fused-ring (bicyclic) bond motifs is 3. The minimum absolute atomic E-state index is 0.109. The Morgan fingerprint density at radius 1 is 0.944 bits per heavy atom. The van der Waals surface area contributed by atoms with E-state index in [1.54, 1.807) is 6.08 Å². The molecule has 4 rings (SSSR count). The lowest BCUT2D eigenvalue weighted by atomic mass is 9.94. The van der Waals surface area contributed by atoms with E-state index in [4.69, 9.17) is 0 Å². The molecule has 2 aliphatic rings. The number of hydrogen-bond acceptors (Lipinski definition) is 1. The summed E-state index contributed by atoms with van der Waals surface area (Å²) in [6, 6.07) is 12.5. The highest BCUT2D eigenvalue weighted by Gasteiger charge is 2.18. The lowest BCUT2D eigenvalue weighted by Gasteiger charge is -2.09. The Balaban J connectivity index is 2.27. The van der Waals surface area contributed by atoms with Crippen LogP contribution in [0.15, 0.2) is 60.2 Å². The molecule has 0 spiro atoms. The number of carbonyl (C=O) groups is 1. The second-order valence-electron chi connectivity index (χ2n) is 4.65. The van der Waals surface area contributed by atoms with Crippen molar-refractivity contribution in [2.24, 2.45) is 0 Å². The molecule has 0 saturated carbocycles. The van der Waals surface area contributed by atoms with Gasteiger partial charge in [0.15, 0.2) is 5.78 Å². The second-order valence-corrected chi connectivity index (χ2v) is 4.65. The number of ketones is 1. The van der Waals surface area contributed by atoms with E-state index in [1.807, 2.05) is 30.4 Å². The van der Waals surface area contributed by atoms with Crippen molar-refractivity contribution in [1.29, 1.82) is 0 Å². The Kier molecular flexibility index (Phi) is 1.76. The standard InChI is InChI=1S/C17H10O/c18-17-10-13-8-11-4-1-2-5-12(11)9-16(13)14-6-3-7-15(14)17/h1-10H. The van der Waals surface area contributed by atoms with Gasteiger partial charge in [-0.2, -0.15) is 0 Å². The molecule has 2 aromatic rings. The van der Waals surface area contributed by atoms with E-state index < -0.39 is 0 Å². The highest BCUT2D eigenvalue weighted by Crippen LogP contribution is 2.21. The zero-order valence-corrected chi connectivity index (χ0v) is 9.68. The van der Waals surface area contributed by atoms with Crippen molar-refractivity contribution in [3.05, 3.63) is 70.6 Å². The van der Waals surface area contributed by atoms with Crippen molar-refractivity contribution >= 4 is 28.2 Å². The number of benzene rings is 2. The normalized spacial score (nSPS) is 16.3. The van der Waals surface area contributed by atoms with Crippen molar-refractivity contribution in [1.82, 2.24) is 0 Å². The molecule has 0 aliphatic heterocycles. The first kappa shape index (κ1) is 9.60. The van der Waals surface area contributed by atoms with Gasteiger partial charge in [-0.15, -0.1) is 0 Å². The molecule has 0 aromatic heterocycles. The fourth-order valence-electron chi connectivity index (χ4n) is 2.70. The van der Waals surface area contributed by atoms with Crippen LogP contribution in [0.2, 0.25) is 0 Å². The van der Waals surface area contributed by atoms with Crippen molar-refractivity contribution < 1.29 is 4.79 Å². The summed E-state index contributed by atoms with van der Waals surface area (Å²) in [4.78, 5) is 12.0. The molecular formula is C17H10O. The molecule has 84 valence electrons. The molecule has 0 fully saturated rings. The highest BCUT2D eigenvalue weighted by molar-refractivity contribution is 6.26. The Morgan fingerprint density at radius 2 is 1.72 bits per heavy atom. The van der Waals surface area contributed by atoms with E-state index in [0.717, 1.165) is 21.6 Å². The lowest BCUT2D eigenvalue weighted by molar-refractivity contribution is -0.109. The van der Waals surface area contributed by atoms with Gasteiger partial charge in [-0.25, -0.2) is 0 Å². The second kappa shape index (κ2) is 3.30. The zero-order chi connectivity index (χ0) is 12.1. The quantitative estimate of drug-likeness (QED) is 0.675. The maximum absolute atomic E-state index is 12.0. The number of Topliss-reactive ketones (excluding diaryl/α,β-unsaturated/α-hetero) is 1. The van der Waals surface area contributed by atoms with E-state index in [0.29, 0.717) is 0 Å². The van der Waals surface area contributed by atoms with Crippen LogP contribution >= 0.6 is 0 Å². The third-order valence-corrected chi connectivity index (χ3v) is 3.58. The van der Waals surface area contributed by atoms with Crippen LogP contribution in [-0.2, 0) is 4.79 Å². The topological polar surface area (TPSA) is 17.1 Å². The van der Waals surface area contributed by atoms with E-state index in [-0.39, 0.29) is 5.78 Å². The first-order valence-corrected chi connectivity index (χ1v) is 6.01. The number of carbonyl (C=O) groups excluding carboxylic acids is 1. The summed E-state index contributed by atoms with van der Waals surface area (Å²) in [5, 5.41) is 4.58. The van der Waals surface area contributed by atoms with Crippen molar-refractivity contribution in [3.8, 4) is 0 Å². The maximum Gasteiger partial charge on any atom is 0.187 e. The largest absolute Gasteiger partial charge is 0.289 e. The van der Waals surface area contributed by atoms with Gasteiger partial charge in [0.1, 0.15) is 0 Å². The summed E-state index contributed by atoms with van der Waals surface area (Å²) in [5.74, 6) is 0.109. The number of allylic oxidation sites excluding steroid dienone is 4. The van der Waals surface area contributed by atoms with Crippen LogP contribution in [0, 0.1) is 0 Å². The number of hydrogen-bond donors (Lipinski definition) is 0. The predicted octanol–water partition coefficient (Wildman–Crippen LogP) is 1.85. The summed E-state index contributed by atoms with van der Waals surface area (Å²) in [6.45, 7) is 0. The Bertz CT molecular complexity index is 879. The van der Waals surface area contributed by atoms with Gasteiger partial charge in [0.25, 0.3) is 0 Å². The van der Waals surface area contributed by atoms with Gasteiger partial charge >= 0.3 is 0 Å². The van der Waals surface area contributed by atoms with Gasteiger partial charge < -0.3 is 0 Å². The lowest BCUT2D eigenvalue weighted by Crippen LogP contribution is -2.32. The van der Waals surface area contributed by atoms with Gasteiger partial charge in [-0.3, -0.25) is 4.79 Å². The minimum Gasteiger partial charge on any atom is -0.289 e. The third-order valence-electron chi connectivity index (χ3n) is 3.58. The minimum atomic E-state index is 0.109. The van der Waals surface area contributed by atoms with E-state index in [2.05, 4.69) is 24.3 Å². The molecule has 2 aliphatic carbocycles. The van der Waals surface area contributed by atoms with Crippen molar-refractivity contribution in [2.45, 2.75) is 0 Å². The van der Waals surface area contributed by atoms with Gasteiger partial charge in [0.2, 0.25) is 0 Å². The average Bonchev–Trinajstić information content (AvgIpc) is 2.87. The van der Waals surface area contributed by atoms with Crippen LogP contribution in [-0.4, -0.2) is 5.78 Å². The molecule has 0 radical (unpaired) electrons. The molecule has 2 aromatic carbocycles. The smallest absolute Gasteiger partial charge is 0.187 e. The van der Waals surface area contributed by atoms with Gasteiger partial charge in [-0.1, -0.05) is 42.5 Å². The molecule has 0 unspecified atom stereocenters. The van der Waals surface area contributed by atoms with E-state index in [1.165, 1.54) is 10.8 Å². The summed E-state index contributed by atoms with van der Waals surface area (Å²) >= 11 is 0. The molecule has 0 bridgehead atoms. The van der Waals surface area contributed by atoms with Crippen LogP contribution in [0.3, 0.4) is 0 Å². The van der Waals surface area contributed by atoms with Crippen molar-refractivity contribution in [3.63, 3.8) is 0 Å². The summed E-state index contributed by atoms with van der Waals surface area (Å²) < 4.78 is 0. The van der Waals surface area contributed by atoms with E-state index in [9.17, 15) is 4.79 Å². The summed E-state index contributed by atoms with van der Waals surface area (Å²) in [5.41, 5.74) is 1.88. The Labute approximate surface area is 104 Å². The molecule has 0 amide bonds. The molecule has 1 heteroatoms. The van der Waals surface area contributed by atoms with Crippen LogP contribution in [0.4, 0.5) is 0 Å². The average molecular weight is 230 g/mol. The zero-order valence-electron chi connectivity index (χ0n) is 9.68. The van der Waals surface area contributed by atoms with Gasteiger partial charge in [0, 0.05) is 5.57 Å². The van der Waals surface area contributed by atoms with Crippen LogP contribution in [0.5, 0.6) is 0 Å². The first-order chi connectivity index (χ1) is 8.83. The molecular weight excluding hydrogens is 220 g/mol. The number of rotatable bonds is 0. The predicted molar refractivity (Wildman–Crippen MR) is 73.3 cm³/mol.